The fraction of sp³-hybridized carbons (Fsp3) is 0.136. The van der Waals surface area contributed by atoms with E-state index < -0.39 is 16.1 Å². The van der Waals surface area contributed by atoms with E-state index in [9.17, 15) is 13.2 Å². The smallest absolute Gasteiger partial charge is 0.243 e. The molecule has 0 spiro atoms. The molecular weight excluding hydrogens is 452 g/mol. The van der Waals surface area contributed by atoms with Gasteiger partial charge in [0.2, 0.25) is 15.9 Å². The van der Waals surface area contributed by atoms with Crippen molar-refractivity contribution in [3.63, 3.8) is 0 Å². The topological polar surface area (TPSA) is 57.7 Å². The molecule has 0 saturated carbocycles. The van der Waals surface area contributed by atoms with Crippen LogP contribution < -0.4 is 4.90 Å². The highest BCUT2D eigenvalue weighted by Crippen LogP contribution is 2.34. The van der Waals surface area contributed by atoms with E-state index in [2.05, 4.69) is 15.9 Å². The van der Waals surface area contributed by atoms with Crippen LogP contribution in [-0.4, -0.2) is 31.7 Å². The molecule has 3 aromatic rings. The molecule has 0 radical (unpaired) electrons. The van der Waals surface area contributed by atoms with Gasteiger partial charge in [-0.05, 0) is 42.0 Å². The van der Waals surface area contributed by atoms with Gasteiger partial charge in [-0.25, -0.2) is 8.42 Å². The van der Waals surface area contributed by atoms with Crippen molar-refractivity contribution in [1.29, 1.82) is 0 Å². The van der Waals surface area contributed by atoms with Crippen molar-refractivity contribution in [2.45, 2.75) is 10.9 Å². The van der Waals surface area contributed by atoms with Crippen LogP contribution in [0.2, 0.25) is 0 Å². The van der Waals surface area contributed by atoms with Gasteiger partial charge in [0.05, 0.1) is 17.5 Å². The van der Waals surface area contributed by atoms with Crippen LogP contribution in [0.3, 0.4) is 0 Å². The number of piperazine rings is 1. The predicted octanol–water partition coefficient (Wildman–Crippen LogP) is 4.23. The van der Waals surface area contributed by atoms with Crippen molar-refractivity contribution in [3.8, 4) is 0 Å². The molecule has 1 aliphatic heterocycles. The first-order chi connectivity index (χ1) is 14.0. The first-order valence-electron chi connectivity index (χ1n) is 9.14. The molecule has 4 rings (SSSR count). The van der Waals surface area contributed by atoms with Gasteiger partial charge in [-0.15, -0.1) is 0 Å². The highest BCUT2D eigenvalue weighted by molar-refractivity contribution is 9.10. The van der Waals surface area contributed by atoms with E-state index in [-0.39, 0.29) is 23.9 Å². The molecular formula is C22H19BrN2O3S. The van der Waals surface area contributed by atoms with Crippen molar-refractivity contribution < 1.29 is 13.2 Å². The maximum Gasteiger partial charge on any atom is 0.243 e. The van der Waals surface area contributed by atoms with E-state index in [1.165, 1.54) is 4.31 Å². The Labute approximate surface area is 178 Å². The molecule has 3 aromatic carbocycles. The minimum atomic E-state index is -3.78. The van der Waals surface area contributed by atoms with Gasteiger partial charge in [-0.2, -0.15) is 4.31 Å². The second-order valence-corrected chi connectivity index (χ2v) is 9.63. The second kappa shape index (κ2) is 8.10. The van der Waals surface area contributed by atoms with Gasteiger partial charge in [0.15, 0.2) is 0 Å². The summed E-state index contributed by atoms with van der Waals surface area (Å²) in [6.07, 6.45) is 0. The number of amides is 1. The van der Waals surface area contributed by atoms with E-state index in [0.29, 0.717) is 0 Å². The minimum absolute atomic E-state index is 0.175. The minimum Gasteiger partial charge on any atom is -0.302 e. The van der Waals surface area contributed by atoms with Crippen molar-refractivity contribution in [2.75, 3.05) is 18.0 Å². The summed E-state index contributed by atoms with van der Waals surface area (Å²) in [6.45, 7) is -0.0229. The van der Waals surface area contributed by atoms with Gasteiger partial charge in [0.1, 0.15) is 0 Å². The number of carbonyl (C=O) groups excluding carboxylic acids is 1. The van der Waals surface area contributed by atoms with Crippen LogP contribution in [0.5, 0.6) is 0 Å². The lowest BCUT2D eigenvalue weighted by molar-refractivity contribution is -0.120. The Bertz CT molecular complexity index is 1120. The highest BCUT2D eigenvalue weighted by Gasteiger charge is 2.39. The normalized spacial score (nSPS) is 18.0. The molecule has 1 amide bonds. The number of anilines is 1. The van der Waals surface area contributed by atoms with Crippen molar-refractivity contribution in [3.05, 3.63) is 95.0 Å². The van der Waals surface area contributed by atoms with Crippen LogP contribution in [0.25, 0.3) is 0 Å². The van der Waals surface area contributed by atoms with Gasteiger partial charge < -0.3 is 4.90 Å². The van der Waals surface area contributed by atoms with E-state index in [1.54, 1.807) is 35.2 Å². The number of hydrogen-bond acceptors (Lipinski definition) is 3. The van der Waals surface area contributed by atoms with Crippen molar-refractivity contribution in [2.24, 2.45) is 0 Å². The SMILES string of the molecule is O=C1CN(S(=O)(=O)c2ccccc2)CC(c2cccc(Br)c2)N1c1ccccc1. The maximum absolute atomic E-state index is 13.2. The zero-order valence-corrected chi connectivity index (χ0v) is 17.9. The Hall–Kier alpha value is -2.48. The molecule has 1 atom stereocenters. The largest absolute Gasteiger partial charge is 0.302 e. The molecule has 1 unspecified atom stereocenters. The molecule has 7 heteroatoms. The van der Waals surface area contributed by atoms with Crippen molar-refractivity contribution in [1.82, 2.24) is 4.31 Å². The summed E-state index contributed by atoms with van der Waals surface area (Å²) in [7, 11) is -3.78. The summed E-state index contributed by atoms with van der Waals surface area (Å²) < 4.78 is 28.5. The van der Waals surface area contributed by atoms with Gasteiger partial charge in [-0.3, -0.25) is 4.79 Å². The molecule has 29 heavy (non-hydrogen) atoms. The Balaban J connectivity index is 1.77. The fourth-order valence-corrected chi connectivity index (χ4v) is 5.38. The molecule has 0 aliphatic carbocycles. The summed E-state index contributed by atoms with van der Waals surface area (Å²) in [5, 5.41) is 0. The van der Waals surface area contributed by atoms with Crippen LogP contribution in [0.15, 0.2) is 94.3 Å². The number of nitrogens with zero attached hydrogens (tertiary/aromatic N) is 2. The summed E-state index contributed by atoms with van der Waals surface area (Å²) in [5.74, 6) is -0.257. The van der Waals surface area contributed by atoms with Crippen LogP contribution in [0.4, 0.5) is 5.69 Å². The third kappa shape index (κ3) is 3.99. The summed E-state index contributed by atoms with van der Waals surface area (Å²) in [4.78, 5) is 15.0. The molecule has 0 bridgehead atoms. The summed E-state index contributed by atoms with van der Waals surface area (Å²) in [5.41, 5.74) is 1.61. The Kier molecular flexibility index (Phi) is 5.54. The lowest BCUT2D eigenvalue weighted by atomic mass is 10.0. The van der Waals surface area contributed by atoms with E-state index in [0.717, 1.165) is 15.7 Å². The van der Waals surface area contributed by atoms with Gasteiger partial charge >= 0.3 is 0 Å². The first kappa shape index (κ1) is 19.8. The molecule has 148 valence electrons. The number of carbonyl (C=O) groups is 1. The lowest BCUT2D eigenvalue weighted by Crippen LogP contribution is -2.54. The Morgan fingerprint density at radius 3 is 2.17 bits per heavy atom. The number of para-hydroxylation sites is 1. The monoisotopic (exact) mass is 470 g/mol. The van der Waals surface area contributed by atoms with E-state index in [4.69, 9.17) is 0 Å². The molecule has 1 fully saturated rings. The average Bonchev–Trinajstić information content (AvgIpc) is 2.74. The number of halogens is 1. The number of rotatable bonds is 4. The van der Waals surface area contributed by atoms with Crippen LogP contribution in [0, 0.1) is 0 Å². The lowest BCUT2D eigenvalue weighted by Gasteiger charge is -2.40. The Morgan fingerprint density at radius 1 is 0.862 bits per heavy atom. The molecule has 1 heterocycles. The maximum atomic E-state index is 13.2. The van der Waals surface area contributed by atoms with E-state index >= 15 is 0 Å². The average molecular weight is 471 g/mol. The molecule has 1 aliphatic rings. The van der Waals surface area contributed by atoms with E-state index in [1.807, 2.05) is 54.6 Å². The van der Waals surface area contributed by atoms with Crippen LogP contribution in [0.1, 0.15) is 11.6 Å². The standard InChI is InChI=1S/C22H19BrN2O3S/c23-18-9-7-8-17(14-18)21-15-24(29(27,28)20-12-5-2-6-13-20)16-22(26)25(21)19-10-3-1-4-11-19/h1-14,21H,15-16H2. The fourth-order valence-electron chi connectivity index (χ4n) is 3.55. The second-order valence-electron chi connectivity index (χ2n) is 6.78. The quantitative estimate of drug-likeness (QED) is 0.573. The zero-order valence-electron chi connectivity index (χ0n) is 15.5. The number of benzene rings is 3. The molecule has 1 saturated heterocycles. The zero-order chi connectivity index (χ0) is 20.4. The summed E-state index contributed by atoms with van der Waals surface area (Å²) >= 11 is 3.48. The van der Waals surface area contributed by atoms with Gasteiger partial charge in [0, 0.05) is 16.7 Å². The van der Waals surface area contributed by atoms with Crippen molar-refractivity contribution >= 4 is 37.5 Å². The van der Waals surface area contributed by atoms with Crippen LogP contribution in [-0.2, 0) is 14.8 Å². The Morgan fingerprint density at radius 2 is 1.52 bits per heavy atom. The third-order valence-electron chi connectivity index (χ3n) is 4.92. The molecule has 0 aromatic heterocycles. The predicted molar refractivity (Wildman–Crippen MR) is 116 cm³/mol. The van der Waals surface area contributed by atoms with Gasteiger partial charge in [0.25, 0.3) is 0 Å². The first-order valence-corrected chi connectivity index (χ1v) is 11.4. The summed E-state index contributed by atoms with van der Waals surface area (Å²) in [6, 6.07) is 24.8. The van der Waals surface area contributed by atoms with Gasteiger partial charge in [-0.1, -0.05) is 64.5 Å². The number of sulfonamides is 1. The highest BCUT2D eigenvalue weighted by atomic mass is 79.9. The third-order valence-corrected chi connectivity index (χ3v) is 7.24. The number of hydrogen-bond donors (Lipinski definition) is 0. The molecule has 5 nitrogen and oxygen atoms in total. The van der Waals surface area contributed by atoms with Crippen LogP contribution >= 0.6 is 15.9 Å². The molecule has 0 N–H and O–H groups in total.